The van der Waals surface area contributed by atoms with Crippen molar-refractivity contribution in [3.05, 3.63) is 54.6 Å². The van der Waals surface area contributed by atoms with Crippen molar-refractivity contribution >= 4 is 11.6 Å². The van der Waals surface area contributed by atoms with Crippen molar-refractivity contribution in [1.29, 1.82) is 0 Å². The van der Waals surface area contributed by atoms with Crippen molar-refractivity contribution < 1.29 is 14.3 Å². The molecule has 4 nitrogen and oxygen atoms in total. The van der Waals surface area contributed by atoms with E-state index in [2.05, 4.69) is 5.32 Å². The molecule has 27 heavy (non-hydrogen) atoms. The van der Waals surface area contributed by atoms with E-state index in [0.717, 1.165) is 30.4 Å². The van der Waals surface area contributed by atoms with Gasteiger partial charge in [-0.2, -0.15) is 0 Å². The fourth-order valence-electron chi connectivity index (χ4n) is 3.45. The molecule has 0 saturated heterocycles. The van der Waals surface area contributed by atoms with Gasteiger partial charge in [0, 0.05) is 5.69 Å². The van der Waals surface area contributed by atoms with Crippen LogP contribution in [0.15, 0.2) is 54.6 Å². The summed E-state index contributed by atoms with van der Waals surface area (Å²) in [6.45, 7) is 2.50. The number of para-hydroxylation sites is 1. The molecule has 1 aliphatic carbocycles. The van der Waals surface area contributed by atoms with Gasteiger partial charge in [0.2, 0.25) is 0 Å². The number of hydrogen-bond acceptors (Lipinski definition) is 3. The van der Waals surface area contributed by atoms with Crippen molar-refractivity contribution in [3.8, 4) is 11.5 Å². The molecule has 1 amide bonds. The summed E-state index contributed by atoms with van der Waals surface area (Å²) in [7, 11) is 0. The Morgan fingerprint density at radius 1 is 1.00 bits per heavy atom. The molecule has 0 heterocycles. The number of nitrogens with one attached hydrogen (secondary N) is 1. The number of carbonyl (C=O) groups excluding carboxylic acids is 1. The fraction of sp³-hybridized carbons (Fsp3) is 0.435. The molecule has 0 bridgehead atoms. The molecule has 2 aromatic carbocycles. The molecule has 1 N–H and O–H groups in total. The average molecular weight is 367 g/mol. The first-order valence-electron chi connectivity index (χ1n) is 9.96. The standard InChI is InChI=1S/C23H29NO3/c1-18(27-22-10-6-3-7-11-22)23(25)24-20-12-14-21(15-13-20)26-17-16-19-8-4-2-5-9-19/h3,6-7,10-15,18-19H,2,4-5,8-9,16-17H2,1H3,(H,24,25). The van der Waals surface area contributed by atoms with Gasteiger partial charge < -0.3 is 14.8 Å². The predicted octanol–water partition coefficient (Wildman–Crippen LogP) is 5.44. The highest BCUT2D eigenvalue weighted by molar-refractivity contribution is 5.94. The highest BCUT2D eigenvalue weighted by Gasteiger charge is 2.15. The van der Waals surface area contributed by atoms with Gasteiger partial charge in [0.05, 0.1) is 6.61 Å². The summed E-state index contributed by atoms with van der Waals surface area (Å²) in [5.74, 6) is 2.17. The molecule has 0 radical (unpaired) electrons. The molecule has 1 aliphatic rings. The van der Waals surface area contributed by atoms with E-state index in [-0.39, 0.29) is 5.91 Å². The van der Waals surface area contributed by atoms with Crippen LogP contribution in [0.25, 0.3) is 0 Å². The van der Waals surface area contributed by atoms with Crippen molar-refractivity contribution in [2.24, 2.45) is 5.92 Å². The Bertz CT molecular complexity index is 693. The van der Waals surface area contributed by atoms with E-state index in [1.165, 1.54) is 32.1 Å². The van der Waals surface area contributed by atoms with Crippen LogP contribution in [0.3, 0.4) is 0 Å². The summed E-state index contributed by atoms with van der Waals surface area (Å²) in [5.41, 5.74) is 0.739. The normalized spacial score (nSPS) is 15.7. The van der Waals surface area contributed by atoms with Crippen LogP contribution in [0.1, 0.15) is 45.4 Å². The van der Waals surface area contributed by atoms with Gasteiger partial charge in [-0.15, -0.1) is 0 Å². The third-order valence-electron chi connectivity index (χ3n) is 5.07. The second-order valence-corrected chi connectivity index (χ2v) is 7.23. The maximum Gasteiger partial charge on any atom is 0.265 e. The zero-order valence-corrected chi connectivity index (χ0v) is 16.0. The molecule has 0 spiro atoms. The zero-order valence-electron chi connectivity index (χ0n) is 16.0. The summed E-state index contributed by atoms with van der Waals surface area (Å²) in [6.07, 6.45) is 7.37. The Morgan fingerprint density at radius 2 is 1.70 bits per heavy atom. The molecule has 2 aromatic rings. The molecular weight excluding hydrogens is 338 g/mol. The Labute approximate surface area is 161 Å². The van der Waals surface area contributed by atoms with Crippen LogP contribution in [0.5, 0.6) is 11.5 Å². The summed E-state index contributed by atoms with van der Waals surface area (Å²) in [5, 5.41) is 2.88. The average Bonchev–Trinajstić information content (AvgIpc) is 2.71. The van der Waals surface area contributed by atoms with Crippen LogP contribution in [0.2, 0.25) is 0 Å². The van der Waals surface area contributed by atoms with Gasteiger partial charge in [-0.3, -0.25) is 4.79 Å². The molecule has 1 fully saturated rings. The van der Waals surface area contributed by atoms with E-state index in [9.17, 15) is 4.79 Å². The van der Waals surface area contributed by atoms with Gasteiger partial charge in [0.1, 0.15) is 11.5 Å². The highest BCUT2D eigenvalue weighted by atomic mass is 16.5. The molecule has 0 aromatic heterocycles. The molecule has 1 unspecified atom stereocenters. The lowest BCUT2D eigenvalue weighted by Crippen LogP contribution is -2.30. The van der Waals surface area contributed by atoms with Gasteiger partial charge >= 0.3 is 0 Å². The number of rotatable bonds is 8. The Balaban J connectivity index is 1.42. The first-order chi connectivity index (χ1) is 13.2. The number of anilines is 1. The van der Waals surface area contributed by atoms with Gasteiger partial charge in [-0.05, 0) is 55.7 Å². The molecule has 144 valence electrons. The number of hydrogen-bond donors (Lipinski definition) is 1. The Kier molecular flexibility index (Phi) is 7.14. The minimum absolute atomic E-state index is 0.176. The number of benzene rings is 2. The second-order valence-electron chi connectivity index (χ2n) is 7.23. The number of amides is 1. The molecule has 0 aliphatic heterocycles. The molecule has 3 rings (SSSR count). The Morgan fingerprint density at radius 3 is 2.41 bits per heavy atom. The molecule has 1 atom stereocenters. The van der Waals surface area contributed by atoms with E-state index in [1.807, 2.05) is 54.6 Å². The molecule has 1 saturated carbocycles. The van der Waals surface area contributed by atoms with Gasteiger partial charge in [0.15, 0.2) is 6.10 Å². The fourth-order valence-corrected chi connectivity index (χ4v) is 3.45. The van der Waals surface area contributed by atoms with Crippen molar-refractivity contribution in [2.75, 3.05) is 11.9 Å². The van der Waals surface area contributed by atoms with E-state index >= 15 is 0 Å². The van der Waals surface area contributed by atoms with Gasteiger partial charge in [0.25, 0.3) is 5.91 Å². The smallest absolute Gasteiger partial charge is 0.265 e. The van der Waals surface area contributed by atoms with E-state index < -0.39 is 6.10 Å². The third kappa shape index (κ3) is 6.31. The van der Waals surface area contributed by atoms with E-state index in [1.54, 1.807) is 6.92 Å². The highest BCUT2D eigenvalue weighted by Crippen LogP contribution is 2.26. The van der Waals surface area contributed by atoms with Crippen LogP contribution < -0.4 is 14.8 Å². The predicted molar refractivity (Wildman–Crippen MR) is 108 cm³/mol. The van der Waals surface area contributed by atoms with Crippen LogP contribution >= 0.6 is 0 Å². The second kappa shape index (κ2) is 10.0. The lowest BCUT2D eigenvalue weighted by atomic mass is 9.87. The first kappa shape index (κ1) is 19.3. The van der Waals surface area contributed by atoms with Gasteiger partial charge in [-0.1, -0.05) is 50.3 Å². The minimum Gasteiger partial charge on any atom is -0.494 e. The topological polar surface area (TPSA) is 47.6 Å². The van der Waals surface area contributed by atoms with Crippen LogP contribution in [0, 0.1) is 5.92 Å². The van der Waals surface area contributed by atoms with Crippen molar-refractivity contribution in [1.82, 2.24) is 0 Å². The maximum atomic E-state index is 12.3. The SMILES string of the molecule is CC(Oc1ccccc1)C(=O)Nc1ccc(OCCC2CCCCC2)cc1. The molecular formula is C23H29NO3. The minimum atomic E-state index is -0.571. The lowest BCUT2D eigenvalue weighted by Gasteiger charge is -2.21. The zero-order chi connectivity index (χ0) is 18.9. The third-order valence-corrected chi connectivity index (χ3v) is 5.07. The van der Waals surface area contributed by atoms with Crippen LogP contribution in [-0.2, 0) is 4.79 Å². The van der Waals surface area contributed by atoms with Gasteiger partial charge in [-0.25, -0.2) is 0 Å². The first-order valence-corrected chi connectivity index (χ1v) is 9.96. The van der Waals surface area contributed by atoms with Crippen molar-refractivity contribution in [3.63, 3.8) is 0 Å². The largest absolute Gasteiger partial charge is 0.494 e. The number of carbonyl (C=O) groups is 1. The lowest BCUT2D eigenvalue weighted by molar-refractivity contribution is -0.122. The van der Waals surface area contributed by atoms with Crippen LogP contribution in [0.4, 0.5) is 5.69 Å². The van der Waals surface area contributed by atoms with Crippen molar-refractivity contribution in [2.45, 2.75) is 51.6 Å². The maximum absolute atomic E-state index is 12.3. The van der Waals surface area contributed by atoms with E-state index in [0.29, 0.717) is 5.75 Å². The number of ether oxygens (including phenoxy) is 2. The molecule has 4 heteroatoms. The quantitative estimate of drug-likeness (QED) is 0.675. The Hall–Kier alpha value is -2.49. The summed E-state index contributed by atoms with van der Waals surface area (Å²) in [6, 6.07) is 16.9. The summed E-state index contributed by atoms with van der Waals surface area (Å²) in [4.78, 5) is 12.3. The summed E-state index contributed by atoms with van der Waals surface area (Å²) >= 11 is 0. The monoisotopic (exact) mass is 367 g/mol. The van der Waals surface area contributed by atoms with Crippen LogP contribution in [-0.4, -0.2) is 18.6 Å². The summed E-state index contributed by atoms with van der Waals surface area (Å²) < 4.78 is 11.5. The van der Waals surface area contributed by atoms with E-state index in [4.69, 9.17) is 9.47 Å².